The average Bonchev–Trinajstić information content (AvgIpc) is 2.49. The van der Waals surface area contributed by atoms with Crippen molar-refractivity contribution in [2.24, 2.45) is 0 Å². The number of phenols is 1. The Morgan fingerprint density at radius 1 is 1.00 bits per heavy atom. The van der Waals surface area contributed by atoms with Crippen LogP contribution in [0.25, 0.3) is 0 Å². The summed E-state index contributed by atoms with van der Waals surface area (Å²) in [5.74, 6) is 0.622. The number of rotatable bonds is 6. The van der Waals surface area contributed by atoms with Gasteiger partial charge in [-0.15, -0.1) is 0 Å². The van der Waals surface area contributed by atoms with E-state index in [9.17, 15) is 14.9 Å². The normalized spacial score (nSPS) is 12.6. The minimum atomic E-state index is -3.50. The third-order valence-corrected chi connectivity index (χ3v) is 5.05. The Balaban J connectivity index is 2.24. The van der Waals surface area contributed by atoms with Crippen molar-refractivity contribution in [1.82, 2.24) is 0 Å². The van der Waals surface area contributed by atoms with E-state index < -0.39 is 7.94 Å². The van der Waals surface area contributed by atoms with Crippen molar-refractivity contribution < 1.29 is 19.4 Å². The molecule has 0 bridgehead atoms. The second kappa shape index (κ2) is 7.84. The van der Waals surface area contributed by atoms with Gasteiger partial charge in [-0.2, -0.15) is 0 Å². The molecule has 0 aliphatic heterocycles. The Morgan fingerprint density at radius 3 is 2.12 bits per heavy atom. The SMILES string of the molecule is Cc1cc(CO[PH](C)(O)O)cc(C)c1Cc1ccc(O)c(C(C)C)c1. The van der Waals surface area contributed by atoms with Gasteiger partial charge in [0.1, 0.15) is 0 Å². The minimum absolute atomic E-state index is 0.203. The topological polar surface area (TPSA) is 69.9 Å². The van der Waals surface area contributed by atoms with Gasteiger partial charge in [0.25, 0.3) is 0 Å². The Morgan fingerprint density at radius 2 is 1.60 bits per heavy atom. The molecule has 0 saturated carbocycles. The van der Waals surface area contributed by atoms with E-state index in [4.69, 9.17) is 4.52 Å². The molecule has 4 nitrogen and oxygen atoms in total. The van der Waals surface area contributed by atoms with Gasteiger partial charge in [0.15, 0.2) is 0 Å². The molecule has 25 heavy (non-hydrogen) atoms. The number of aryl methyl sites for hydroxylation is 2. The van der Waals surface area contributed by atoms with E-state index in [0.717, 1.165) is 28.7 Å². The predicted molar refractivity (Wildman–Crippen MR) is 104 cm³/mol. The van der Waals surface area contributed by atoms with E-state index >= 15 is 0 Å². The van der Waals surface area contributed by atoms with E-state index in [1.54, 1.807) is 6.07 Å². The molecule has 0 atom stereocenters. The molecule has 0 amide bonds. The fraction of sp³-hybridized carbons (Fsp3) is 0.400. The first kappa shape index (κ1) is 19.9. The van der Waals surface area contributed by atoms with Gasteiger partial charge in [0, 0.05) is 0 Å². The molecule has 5 heteroatoms. The monoisotopic (exact) mass is 364 g/mol. The zero-order valence-electron chi connectivity index (χ0n) is 15.6. The summed E-state index contributed by atoms with van der Waals surface area (Å²) in [6, 6.07) is 9.88. The molecule has 0 saturated heterocycles. The van der Waals surface area contributed by atoms with Gasteiger partial charge >= 0.3 is 150 Å². The van der Waals surface area contributed by atoms with E-state index in [1.165, 1.54) is 17.8 Å². The van der Waals surface area contributed by atoms with E-state index in [2.05, 4.69) is 33.8 Å². The third kappa shape index (κ3) is 5.52. The molecule has 0 spiro atoms. The summed E-state index contributed by atoms with van der Waals surface area (Å²) in [6.07, 6.45) is 0.797. The van der Waals surface area contributed by atoms with Crippen molar-refractivity contribution in [2.45, 2.75) is 46.6 Å². The fourth-order valence-electron chi connectivity index (χ4n) is 3.05. The van der Waals surface area contributed by atoms with Crippen LogP contribution in [0.1, 0.15) is 53.1 Å². The molecule has 0 unspecified atom stereocenters. The summed E-state index contributed by atoms with van der Waals surface area (Å²) in [7, 11) is -3.50. The molecule has 3 N–H and O–H groups in total. The quantitative estimate of drug-likeness (QED) is 0.667. The summed E-state index contributed by atoms with van der Waals surface area (Å²) in [5.41, 5.74) is 6.62. The average molecular weight is 364 g/mol. The van der Waals surface area contributed by atoms with Gasteiger partial charge in [-0.1, -0.05) is 0 Å². The van der Waals surface area contributed by atoms with Gasteiger partial charge in [-0.3, -0.25) is 0 Å². The van der Waals surface area contributed by atoms with E-state index in [1.807, 2.05) is 18.2 Å². The van der Waals surface area contributed by atoms with Crippen molar-refractivity contribution in [3.8, 4) is 5.75 Å². The number of benzene rings is 2. The van der Waals surface area contributed by atoms with Crippen LogP contribution >= 0.6 is 7.94 Å². The van der Waals surface area contributed by atoms with E-state index in [0.29, 0.717) is 5.75 Å². The van der Waals surface area contributed by atoms with Crippen LogP contribution in [0.4, 0.5) is 0 Å². The molecule has 2 rings (SSSR count). The summed E-state index contributed by atoms with van der Waals surface area (Å²) in [4.78, 5) is 18.8. The van der Waals surface area contributed by atoms with Crippen LogP contribution in [-0.2, 0) is 17.6 Å². The number of phenolic OH excluding ortho intramolecular Hbond substituents is 1. The van der Waals surface area contributed by atoms with Crippen LogP contribution in [0.15, 0.2) is 30.3 Å². The molecule has 0 fully saturated rings. The van der Waals surface area contributed by atoms with Gasteiger partial charge in [0.2, 0.25) is 0 Å². The summed E-state index contributed by atoms with van der Waals surface area (Å²) >= 11 is 0. The van der Waals surface area contributed by atoms with Crippen LogP contribution in [-0.4, -0.2) is 21.6 Å². The van der Waals surface area contributed by atoms with Crippen molar-refractivity contribution in [3.05, 3.63) is 63.7 Å². The second-order valence-electron chi connectivity index (χ2n) is 7.16. The number of aromatic hydroxyl groups is 1. The molecule has 2 aromatic rings. The first-order valence-electron chi connectivity index (χ1n) is 8.56. The molecular weight excluding hydrogens is 335 g/mol. The summed E-state index contributed by atoms with van der Waals surface area (Å²) in [6.45, 7) is 9.80. The molecule has 138 valence electrons. The maximum absolute atomic E-state index is 9.99. The first-order valence-corrected chi connectivity index (χ1v) is 10.9. The Labute approximate surface area is 150 Å². The van der Waals surface area contributed by atoms with Gasteiger partial charge in [0.05, 0.1) is 0 Å². The fourth-order valence-corrected chi connectivity index (χ4v) is 3.49. The molecular formula is C20H29O4P. The summed E-state index contributed by atoms with van der Waals surface area (Å²) in [5, 5.41) is 9.99. The second-order valence-corrected chi connectivity index (χ2v) is 9.31. The van der Waals surface area contributed by atoms with Gasteiger partial charge < -0.3 is 0 Å². The van der Waals surface area contributed by atoms with Crippen LogP contribution in [0.3, 0.4) is 0 Å². The van der Waals surface area contributed by atoms with Crippen molar-refractivity contribution in [2.75, 3.05) is 6.66 Å². The molecule has 0 aliphatic carbocycles. The molecule has 0 radical (unpaired) electrons. The predicted octanol–water partition coefficient (Wildman–Crippen LogP) is 4.35. The van der Waals surface area contributed by atoms with Gasteiger partial charge in [-0.05, 0) is 0 Å². The molecule has 0 heterocycles. The van der Waals surface area contributed by atoms with E-state index in [-0.39, 0.29) is 12.5 Å². The van der Waals surface area contributed by atoms with Crippen molar-refractivity contribution >= 4 is 7.94 Å². The van der Waals surface area contributed by atoms with Crippen LogP contribution in [0.2, 0.25) is 0 Å². The maximum atomic E-state index is 9.99. The molecule has 0 aliphatic rings. The summed E-state index contributed by atoms with van der Waals surface area (Å²) < 4.78 is 5.16. The van der Waals surface area contributed by atoms with Crippen LogP contribution in [0.5, 0.6) is 5.75 Å². The standard InChI is InChI=1S/C20H29O4P/c1-13(2)18-10-16(6-7-20(18)21)11-19-14(3)8-17(9-15(19)4)12-24-25(5,22)23/h6-10,13,21-23,25H,11-12H2,1-5H3. The van der Waals surface area contributed by atoms with Crippen LogP contribution in [0, 0.1) is 13.8 Å². The molecule has 0 aromatic heterocycles. The Bertz CT molecular complexity index is 725. The zero-order valence-corrected chi connectivity index (χ0v) is 16.6. The van der Waals surface area contributed by atoms with Crippen molar-refractivity contribution in [3.63, 3.8) is 0 Å². The third-order valence-electron chi connectivity index (χ3n) is 4.36. The first-order chi connectivity index (χ1) is 11.6. The Kier molecular flexibility index (Phi) is 6.23. The zero-order chi connectivity index (χ0) is 18.8. The van der Waals surface area contributed by atoms with Gasteiger partial charge in [-0.25, -0.2) is 0 Å². The van der Waals surface area contributed by atoms with Crippen molar-refractivity contribution in [1.29, 1.82) is 0 Å². The number of hydrogen-bond acceptors (Lipinski definition) is 4. The molecule has 2 aromatic carbocycles. The number of hydrogen-bond donors (Lipinski definition) is 3. The van der Waals surface area contributed by atoms with Crippen LogP contribution < -0.4 is 0 Å². The Hall–Kier alpha value is -1.45.